The lowest BCUT2D eigenvalue weighted by Gasteiger charge is -2.06. The maximum atomic E-state index is 12.1. The van der Waals surface area contributed by atoms with Crippen LogP contribution in [0.1, 0.15) is 10.6 Å². The fourth-order valence-electron chi connectivity index (χ4n) is 2.48. The molecule has 4 aromatic rings. The van der Waals surface area contributed by atoms with E-state index in [1.165, 1.54) is 12.3 Å². The molecule has 0 spiro atoms. The lowest BCUT2D eigenvalue weighted by molar-refractivity contribution is -0.402. The molecule has 1 aromatic carbocycles. The Morgan fingerprint density at radius 1 is 1.12 bits per heavy atom. The van der Waals surface area contributed by atoms with Crippen LogP contribution in [-0.2, 0) is 0 Å². The summed E-state index contributed by atoms with van der Waals surface area (Å²) >= 11 is 0. The highest BCUT2D eigenvalue weighted by Crippen LogP contribution is 2.19. The maximum absolute atomic E-state index is 12.1. The molecule has 1 N–H and O–H groups in total. The zero-order chi connectivity index (χ0) is 18.1. The summed E-state index contributed by atoms with van der Waals surface area (Å²) in [4.78, 5) is 30.6. The first-order chi connectivity index (χ1) is 12.6. The molecule has 3 heterocycles. The molecular weight excluding hydrogens is 338 g/mol. The van der Waals surface area contributed by atoms with Gasteiger partial charge in [-0.2, -0.15) is 0 Å². The summed E-state index contributed by atoms with van der Waals surface area (Å²) < 4.78 is 6.70. The summed E-state index contributed by atoms with van der Waals surface area (Å²) in [6.45, 7) is 0. The van der Waals surface area contributed by atoms with Crippen molar-refractivity contribution in [2.45, 2.75) is 0 Å². The standard InChI is InChI=1S/C17H11N5O4/c23-17(14-6-8-16(26-14)22(24)25)20-11-5-7-15(18-9-11)21-10-19-12-3-1-2-4-13(12)21/h1-10H,(H,20,23). The number of aromatic nitrogens is 3. The summed E-state index contributed by atoms with van der Waals surface area (Å²) in [5, 5.41) is 13.2. The Labute approximate surface area is 146 Å². The van der Waals surface area contributed by atoms with E-state index < -0.39 is 16.7 Å². The molecule has 0 fully saturated rings. The topological polar surface area (TPSA) is 116 Å². The predicted octanol–water partition coefficient (Wildman–Crippen LogP) is 3.17. The van der Waals surface area contributed by atoms with Gasteiger partial charge in [-0.25, -0.2) is 9.97 Å². The van der Waals surface area contributed by atoms with Crippen LogP contribution in [0, 0.1) is 10.1 Å². The molecule has 0 aliphatic carbocycles. The van der Waals surface area contributed by atoms with Crippen molar-refractivity contribution in [2.75, 3.05) is 5.32 Å². The third-order valence-corrected chi connectivity index (χ3v) is 3.70. The van der Waals surface area contributed by atoms with Crippen LogP contribution in [0.25, 0.3) is 16.9 Å². The lowest BCUT2D eigenvalue weighted by Crippen LogP contribution is -2.11. The smallest absolute Gasteiger partial charge is 0.395 e. The predicted molar refractivity (Wildman–Crippen MR) is 92.2 cm³/mol. The van der Waals surface area contributed by atoms with Gasteiger partial charge < -0.3 is 9.73 Å². The Morgan fingerprint density at radius 3 is 2.69 bits per heavy atom. The van der Waals surface area contributed by atoms with Crippen LogP contribution >= 0.6 is 0 Å². The molecule has 0 aliphatic rings. The van der Waals surface area contributed by atoms with Gasteiger partial charge in [0.25, 0.3) is 5.91 Å². The van der Waals surface area contributed by atoms with Crippen molar-refractivity contribution < 1.29 is 14.1 Å². The normalized spacial score (nSPS) is 10.8. The largest absolute Gasteiger partial charge is 0.433 e. The van der Waals surface area contributed by atoms with Crippen molar-refractivity contribution in [3.8, 4) is 5.82 Å². The lowest BCUT2D eigenvalue weighted by atomic mass is 10.3. The molecule has 0 aliphatic heterocycles. The summed E-state index contributed by atoms with van der Waals surface area (Å²) in [5.74, 6) is -0.594. The highest BCUT2D eigenvalue weighted by atomic mass is 16.6. The average molecular weight is 349 g/mol. The molecule has 3 aromatic heterocycles. The van der Waals surface area contributed by atoms with Gasteiger partial charge in [0.1, 0.15) is 17.1 Å². The monoisotopic (exact) mass is 349 g/mol. The molecule has 0 unspecified atom stereocenters. The van der Waals surface area contributed by atoms with E-state index in [0.717, 1.165) is 17.1 Å². The van der Waals surface area contributed by atoms with E-state index in [9.17, 15) is 14.9 Å². The van der Waals surface area contributed by atoms with Crippen LogP contribution in [0.2, 0.25) is 0 Å². The maximum Gasteiger partial charge on any atom is 0.433 e. The molecule has 0 saturated carbocycles. The van der Waals surface area contributed by atoms with Crippen molar-refractivity contribution in [3.63, 3.8) is 0 Å². The minimum atomic E-state index is -0.706. The van der Waals surface area contributed by atoms with Crippen molar-refractivity contribution in [1.82, 2.24) is 14.5 Å². The van der Waals surface area contributed by atoms with Crippen LogP contribution in [0.3, 0.4) is 0 Å². The molecule has 128 valence electrons. The first kappa shape index (κ1) is 15.5. The second-order valence-corrected chi connectivity index (χ2v) is 5.36. The van der Waals surface area contributed by atoms with Crippen LogP contribution in [0.4, 0.5) is 11.6 Å². The third-order valence-electron chi connectivity index (χ3n) is 3.70. The number of nitrogens with one attached hydrogen (secondary N) is 1. The van der Waals surface area contributed by atoms with Crippen molar-refractivity contribution >= 4 is 28.5 Å². The number of carbonyl (C=O) groups excluding carboxylic acids is 1. The minimum absolute atomic E-state index is 0.151. The number of carbonyl (C=O) groups is 1. The van der Waals surface area contributed by atoms with Gasteiger partial charge in [0.2, 0.25) is 0 Å². The minimum Gasteiger partial charge on any atom is -0.395 e. The molecule has 0 radical (unpaired) electrons. The van der Waals surface area contributed by atoms with Crippen molar-refractivity contribution in [3.05, 3.63) is 76.9 Å². The molecular formula is C17H11N5O4. The summed E-state index contributed by atoms with van der Waals surface area (Å²) in [6, 6.07) is 13.4. The number of imidazole rings is 1. The number of nitrogens with zero attached hydrogens (tertiary/aromatic N) is 4. The Hall–Kier alpha value is -4.01. The fourth-order valence-corrected chi connectivity index (χ4v) is 2.48. The average Bonchev–Trinajstić information content (AvgIpc) is 3.30. The van der Waals surface area contributed by atoms with Gasteiger partial charge >= 0.3 is 5.88 Å². The molecule has 0 saturated heterocycles. The summed E-state index contributed by atoms with van der Waals surface area (Å²) in [7, 11) is 0. The summed E-state index contributed by atoms with van der Waals surface area (Å²) in [6.07, 6.45) is 3.16. The number of furan rings is 1. The molecule has 1 amide bonds. The number of nitro groups is 1. The molecule has 0 atom stereocenters. The van der Waals surface area contributed by atoms with E-state index in [-0.39, 0.29) is 5.76 Å². The Morgan fingerprint density at radius 2 is 1.96 bits per heavy atom. The number of hydrogen-bond donors (Lipinski definition) is 1. The van der Waals surface area contributed by atoms with Gasteiger partial charge in [-0.05, 0) is 30.3 Å². The number of pyridine rings is 1. The van der Waals surface area contributed by atoms with Gasteiger partial charge in [-0.1, -0.05) is 12.1 Å². The number of hydrogen-bond acceptors (Lipinski definition) is 6. The number of amides is 1. The Balaban J connectivity index is 1.54. The molecule has 9 nitrogen and oxygen atoms in total. The van der Waals surface area contributed by atoms with Gasteiger partial charge in [0, 0.05) is 0 Å². The van der Waals surface area contributed by atoms with E-state index >= 15 is 0 Å². The molecule has 26 heavy (non-hydrogen) atoms. The Bertz CT molecular complexity index is 1110. The highest BCUT2D eigenvalue weighted by molar-refractivity contribution is 6.02. The van der Waals surface area contributed by atoms with Crippen LogP contribution in [0.5, 0.6) is 0 Å². The number of benzene rings is 1. The van der Waals surface area contributed by atoms with Crippen LogP contribution < -0.4 is 5.32 Å². The van der Waals surface area contributed by atoms with E-state index in [0.29, 0.717) is 11.5 Å². The van der Waals surface area contributed by atoms with E-state index in [2.05, 4.69) is 15.3 Å². The number of fused-ring (bicyclic) bond motifs is 1. The highest BCUT2D eigenvalue weighted by Gasteiger charge is 2.17. The van der Waals surface area contributed by atoms with Crippen molar-refractivity contribution in [1.29, 1.82) is 0 Å². The summed E-state index contributed by atoms with van der Waals surface area (Å²) in [5.41, 5.74) is 2.20. The quantitative estimate of drug-likeness (QED) is 0.447. The second kappa shape index (κ2) is 6.13. The number of rotatable bonds is 4. The van der Waals surface area contributed by atoms with E-state index in [4.69, 9.17) is 4.42 Å². The fraction of sp³-hybridized carbons (Fsp3) is 0. The van der Waals surface area contributed by atoms with E-state index in [1.54, 1.807) is 18.5 Å². The molecule has 0 bridgehead atoms. The van der Waals surface area contributed by atoms with Crippen molar-refractivity contribution in [2.24, 2.45) is 0 Å². The Kier molecular flexibility index (Phi) is 3.66. The van der Waals surface area contributed by atoms with E-state index in [1.807, 2.05) is 28.8 Å². The first-order valence-corrected chi connectivity index (χ1v) is 7.56. The van der Waals surface area contributed by atoms with Gasteiger partial charge in [0.15, 0.2) is 5.76 Å². The zero-order valence-electron chi connectivity index (χ0n) is 13.2. The third kappa shape index (κ3) is 2.77. The molecule has 9 heteroatoms. The van der Waals surface area contributed by atoms with Crippen LogP contribution in [-0.4, -0.2) is 25.4 Å². The number of para-hydroxylation sites is 2. The molecule has 4 rings (SSSR count). The van der Waals surface area contributed by atoms with Gasteiger partial charge in [0.05, 0.1) is 29.0 Å². The van der Waals surface area contributed by atoms with Gasteiger partial charge in [-0.15, -0.1) is 0 Å². The van der Waals surface area contributed by atoms with Gasteiger partial charge in [-0.3, -0.25) is 19.5 Å². The zero-order valence-corrected chi connectivity index (χ0v) is 13.2. The number of anilines is 1. The second-order valence-electron chi connectivity index (χ2n) is 5.36. The first-order valence-electron chi connectivity index (χ1n) is 7.56. The SMILES string of the molecule is O=C(Nc1ccc(-n2cnc3ccccc32)nc1)c1ccc([N+](=O)[O-])o1. The van der Waals surface area contributed by atoms with Crippen LogP contribution in [0.15, 0.2) is 65.5 Å².